The van der Waals surface area contributed by atoms with Crippen molar-refractivity contribution in [3.8, 4) is 6.07 Å². The first kappa shape index (κ1) is 13.9. The minimum Gasteiger partial charge on any atom is -0.378 e. The molecule has 1 aliphatic rings. The van der Waals surface area contributed by atoms with E-state index in [0.29, 0.717) is 25.6 Å². The first-order valence-electron chi connectivity index (χ1n) is 6.29. The van der Waals surface area contributed by atoms with Crippen LogP contribution in [0.2, 0.25) is 0 Å². The summed E-state index contributed by atoms with van der Waals surface area (Å²) >= 11 is 0. The number of carbonyl (C=O) groups excluding carboxylic acids is 1. The summed E-state index contributed by atoms with van der Waals surface area (Å²) in [6.07, 6.45) is 5.24. The highest BCUT2D eigenvalue weighted by molar-refractivity contribution is 5.77. The van der Waals surface area contributed by atoms with E-state index in [-0.39, 0.29) is 5.91 Å². The highest BCUT2D eigenvalue weighted by atomic mass is 16.5. The Bertz CT molecular complexity index is 257. The molecule has 0 aromatic carbocycles. The zero-order valence-electron chi connectivity index (χ0n) is 10.2. The van der Waals surface area contributed by atoms with Crippen molar-refractivity contribution in [1.82, 2.24) is 10.6 Å². The molecule has 1 unspecified atom stereocenters. The van der Waals surface area contributed by atoms with E-state index in [2.05, 4.69) is 10.6 Å². The third-order valence-electron chi connectivity index (χ3n) is 2.76. The lowest BCUT2D eigenvalue weighted by atomic mass is 10.1. The van der Waals surface area contributed by atoms with Crippen molar-refractivity contribution in [2.45, 2.75) is 38.2 Å². The van der Waals surface area contributed by atoms with Crippen LogP contribution in [0.1, 0.15) is 32.1 Å². The van der Waals surface area contributed by atoms with Gasteiger partial charge in [-0.25, -0.2) is 0 Å². The molecular formula is C12H21N3O2. The lowest BCUT2D eigenvalue weighted by Gasteiger charge is -2.22. The number of amides is 1. The molecule has 1 heterocycles. The number of carbonyl (C=O) groups is 1. The van der Waals surface area contributed by atoms with E-state index >= 15 is 0 Å². The minimum absolute atomic E-state index is 0.0511. The van der Waals surface area contributed by atoms with E-state index in [9.17, 15) is 4.79 Å². The monoisotopic (exact) mass is 239 g/mol. The molecule has 1 atom stereocenters. The Kier molecular flexibility index (Phi) is 7.35. The molecule has 1 aliphatic heterocycles. The zero-order chi connectivity index (χ0) is 12.3. The Morgan fingerprint density at radius 3 is 3.00 bits per heavy atom. The van der Waals surface area contributed by atoms with Crippen LogP contribution in [-0.2, 0) is 9.53 Å². The standard InChI is InChI=1S/C12H21N3O2/c13-6-3-7-15-12(16)10-14-8-5-11-4-1-2-9-17-11/h11,14H,1-5,7-10H2,(H,15,16). The van der Waals surface area contributed by atoms with Crippen molar-refractivity contribution in [2.24, 2.45) is 0 Å². The predicted molar refractivity (Wildman–Crippen MR) is 64.3 cm³/mol. The topological polar surface area (TPSA) is 74.2 Å². The normalized spacial score (nSPS) is 19.6. The Morgan fingerprint density at radius 2 is 2.29 bits per heavy atom. The highest BCUT2D eigenvalue weighted by Gasteiger charge is 2.12. The Balaban J connectivity index is 1.92. The SMILES string of the molecule is N#CCCNC(=O)CNCCC1CCCCO1. The van der Waals surface area contributed by atoms with Crippen LogP contribution in [0.3, 0.4) is 0 Å². The van der Waals surface area contributed by atoms with Crippen molar-refractivity contribution >= 4 is 5.91 Å². The second kappa shape index (κ2) is 8.97. The molecular weight excluding hydrogens is 218 g/mol. The van der Waals surface area contributed by atoms with Gasteiger partial charge in [0.05, 0.1) is 25.1 Å². The van der Waals surface area contributed by atoms with Gasteiger partial charge in [-0.1, -0.05) is 0 Å². The summed E-state index contributed by atoms with van der Waals surface area (Å²) in [7, 11) is 0. The van der Waals surface area contributed by atoms with Crippen LogP contribution >= 0.6 is 0 Å². The lowest BCUT2D eigenvalue weighted by molar-refractivity contribution is -0.120. The van der Waals surface area contributed by atoms with Gasteiger partial charge in [-0.2, -0.15) is 5.26 Å². The first-order chi connectivity index (χ1) is 8.33. The molecule has 17 heavy (non-hydrogen) atoms. The van der Waals surface area contributed by atoms with Gasteiger partial charge in [0.2, 0.25) is 5.91 Å². The van der Waals surface area contributed by atoms with E-state index in [1.54, 1.807) is 0 Å². The third kappa shape index (κ3) is 6.93. The first-order valence-corrected chi connectivity index (χ1v) is 6.29. The molecule has 5 heteroatoms. The number of hydrogen-bond acceptors (Lipinski definition) is 4. The summed E-state index contributed by atoms with van der Waals surface area (Å²) in [6.45, 7) is 2.43. The quantitative estimate of drug-likeness (QED) is 0.637. The van der Waals surface area contributed by atoms with E-state index in [1.807, 2.05) is 6.07 Å². The van der Waals surface area contributed by atoms with E-state index in [0.717, 1.165) is 26.0 Å². The van der Waals surface area contributed by atoms with Gasteiger partial charge in [0, 0.05) is 13.2 Å². The molecule has 0 aromatic heterocycles. The van der Waals surface area contributed by atoms with Gasteiger partial charge in [0.25, 0.3) is 0 Å². The molecule has 2 N–H and O–H groups in total. The number of ether oxygens (including phenoxy) is 1. The fourth-order valence-electron chi connectivity index (χ4n) is 1.82. The van der Waals surface area contributed by atoms with Gasteiger partial charge in [0.1, 0.15) is 0 Å². The Hall–Kier alpha value is -1.12. The maximum atomic E-state index is 11.3. The molecule has 96 valence electrons. The summed E-state index contributed by atoms with van der Waals surface area (Å²) in [5.74, 6) is -0.0511. The average Bonchev–Trinajstić information content (AvgIpc) is 2.36. The van der Waals surface area contributed by atoms with E-state index in [4.69, 9.17) is 10.00 Å². The molecule has 0 saturated carbocycles. The van der Waals surface area contributed by atoms with Crippen LogP contribution in [-0.4, -0.2) is 38.3 Å². The van der Waals surface area contributed by atoms with Gasteiger partial charge in [-0.15, -0.1) is 0 Å². The van der Waals surface area contributed by atoms with E-state index < -0.39 is 0 Å². The van der Waals surface area contributed by atoms with Crippen LogP contribution < -0.4 is 10.6 Å². The van der Waals surface area contributed by atoms with E-state index in [1.165, 1.54) is 12.8 Å². The summed E-state index contributed by atoms with van der Waals surface area (Å²) in [4.78, 5) is 11.3. The summed E-state index contributed by atoms with van der Waals surface area (Å²) < 4.78 is 5.59. The number of nitrogens with zero attached hydrogens (tertiary/aromatic N) is 1. The minimum atomic E-state index is -0.0511. The zero-order valence-corrected chi connectivity index (χ0v) is 10.2. The number of nitrogens with one attached hydrogen (secondary N) is 2. The molecule has 0 radical (unpaired) electrons. The molecule has 0 aromatic rings. The van der Waals surface area contributed by atoms with Crippen LogP contribution in [0.4, 0.5) is 0 Å². The fraction of sp³-hybridized carbons (Fsp3) is 0.833. The highest BCUT2D eigenvalue weighted by Crippen LogP contribution is 2.14. The summed E-state index contributed by atoms with van der Waals surface area (Å²) in [5, 5.41) is 14.1. The number of hydrogen-bond donors (Lipinski definition) is 2. The van der Waals surface area contributed by atoms with Crippen molar-refractivity contribution < 1.29 is 9.53 Å². The molecule has 0 bridgehead atoms. The Morgan fingerprint density at radius 1 is 1.41 bits per heavy atom. The largest absolute Gasteiger partial charge is 0.378 e. The lowest BCUT2D eigenvalue weighted by Crippen LogP contribution is -2.35. The fourth-order valence-corrected chi connectivity index (χ4v) is 1.82. The van der Waals surface area contributed by atoms with Crippen molar-refractivity contribution in [1.29, 1.82) is 5.26 Å². The molecule has 5 nitrogen and oxygen atoms in total. The maximum absolute atomic E-state index is 11.3. The Labute approximate surface area is 103 Å². The number of rotatable bonds is 7. The van der Waals surface area contributed by atoms with Gasteiger partial charge >= 0.3 is 0 Å². The van der Waals surface area contributed by atoms with Crippen LogP contribution in [0.25, 0.3) is 0 Å². The van der Waals surface area contributed by atoms with Gasteiger partial charge < -0.3 is 15.4 Å². The number of nitriles is 1. The molecule has 1 saturated heterocycles. The van der Waals surface area contributed by atoms with Crippen molar-refractivity contribution in [2.75, 3.05) is 26.2 Å². The third-order valence-corrected chi connectivity index (χ3v) is 2.76. The van der Waals surface area contributed by atoms with Crippen molar-refractivity contribution in [3.05, 3.63) is 0 Å². The van der Waals surface area contributed by atoms with Crippen LogP contribution in [0.5, 0.6) is 0 Å². The smallest absolute Gasteiger partial charge is 0.233 e. The maximum Gasteiger partial charge on any atom is 0.233 e. The predicted octanol–water partition coefficient (Wildman–Crippen LogP) is 0.565. The second-order valence-electron chi connectivity index (χ2n) is 4.21. The molecule has 0 aliphatic carbocycles. The molecule has 0 spiro atoms. The molecule has 1 rings (SSSR count). The van der Waals surface area contributed by atoms with Crippen LogP contribution in [0, 0.1) is 11.3 Å². The van der Waals surface area contributed by atoms with Gasteiger partial charge in [-0.05, 0) is 32.2 Å². The molecule has 1 amide bonds. The van der Waals surface area contributed by atoms with Crippen LogP contribution in [0.15, 0.2) is 0 Å². The second-order valence-corrected chi connectivity index (χ2v) is 4.21. The van der Waals surface area contributed by atoms with Gasteiger partial charge in [-0.3, -0.25) is 4.79 Å². The summed E-state index contributed by atoms with van der Waals surface area (Å²) in [6, 6.07) is 1.98. The van der Waals surface area contributed by atoms with Crippen molar-refractivity contribution in [3.63, 3.8) is 0 Å². The molecule has 1 fully saturated rings. The average molecular weight is 239 g/mol. The van der Waals surface area contributed by atoms with Gasteiger partial charge in [0.15, 0.2) is 0 Å². The summed E-state index contributed by atoms with van der Waals surface area (Å²) in [5.41, 5.74) is 0.